The molecule has 0 saturated carbocycles. The second kappa shape index (κ2) is 5.40. The van der Waals surface area contributed by atoms with E-state index in [1.165, 1.54) is 28.6 Å². The molecule has 1 N–H and O–H groups in total. The minimum atomic E-state index is 0.597. The minimum absolute atomic E-state index is 0.597. The van der Waals surface area contributed by atoms with E-state index in [1.54, 1.807) is 0 Å². The molecule has 1 aromatic carbocycles. The zero-order valence-electron chi connectivity index (χ0n) is 10.8. The Morgan fingerprint density at radius 2 is 2.18 bits per heavy atom. The van der Waals surface area contributed by atoms with Gasteiger partial charge in [-0.3, -0.25) is 0 Å². The molecular weight excluding hydrogens is 276 g/mol. The van der Waals surface area contributed by atoms with Crippen molar-refractivity contribution in [2.45, 2.75) is 38.8 Å². The van der Waals surface area contributed by atoms with Crippen LogP contribution in [0.4, 0.5) is 5.69 Å². The molecule has 2 nitrogen and oxygen atoms in total. The number of halogens is 1. The smallest absolute Gasteiger partial charge is 0.0515 e. The van der Waals surface area contributed by atoms with E-state index in [-0.39, 0.29) is 0 Å². The monoisotopic (exact) mass is 296 g/mol. The molecule has 0 amide bonds. The zero-order valence-corrected chi connectivity index (χ0v) is 12.4. The Kier molecular flexibility index (Phi) is 4.10. The Bertz CT molecular complexity index is 392. The summed E-state index contributed by atoms with van der Waals surface area (Å²) in [5.74, 6) is 0. The first-order valence-electron chi connectivity index (χ1n) is 6.32. The van der Waals surface area contributed by atoms with Gasteiger partial charge in [-0.15, -0.1) is 0 Å². The highest BCUT2D eigenvalue weighted by Gasteiger charge is 2.25. The average molecular weight is 297 g/mol. The lowest BCUT2D eigenvalue weighted by Crippen LogP contribution is -2.46. The highest BCUT2D eigenvalue weighted by Crippen LogP contribution is 2.33. The Morgan fingerprint density at radius 3 is 2.82 bits per heavy atom. The standard InChI is InChI=1S/C14H21BrN2/c1-10-5-4-6-13(14(10)15)17-8-7-12(16-3)9-11(17)2/h4-6,11-12,16H,7-9H2,1-3H3. The van der Waals surface area contributed by atoms with Crippen LogP contribution in [0.3, 0.4) is 0 Å². The van der Waals surface area contributed by atoms with Gasteiger partial charge in [-0.05, 0) is 61.3 Å². The fraction of sp³-hybridized carbons (Fsp3) is 0.571. The number of hydrogen-bond donors (Lipinski definition) is 1. The first-order valence-corrected chi connectivity index (χ1v) is 7.11. The maximum atomic E-state index is 3.72. The molecular formula is C14H21BrN2. The highest BCUT2D eigenvalue weighted by atomic mass is 79.9. The van der Waals surface area contributed by atoms with E-state index in [0.717, 1.165) is 6.54 Å². The number of aryl methyl sites for hydroxylation is 1. The summed E-state index contributed by atoms with van der Waals surface area (Å²) < 4.78 is 1.25. The maximum absolute atomic E-state index is 3.72. The van der Waals surface area contributed by atoms with Crippen LogP contribution in [0.2, 0.25) is 0 Å². The van der Waals surface area contributed by atoms with Crippen molar-refractivity contribution < 1.29 is 0 Å². The highest BCUT2D eigenvalue weighted by molar-refractivity contribution is 9.10. The summed E-state index contributed by atoms with van der Waals surface area (Å²) in [7, 11) is 2.07. The molecule has 2 atom stereocenters. The van der Waals surface area contributed by atoms with Crippen LogP contribution in [0.1, 0.15) is 25.3 Å². The van der Waals surface area contributed by atoms with Gasteiger partial charge in [-0.25, -0.2) is 0 Å². The molecule has 2 rings (SSSR count). The Hall–Kier alpha value is -0.540. The van der Waals surface area contributed by atoms with Crippen molar-refractivity contribution in [3.05, 3.63) is 28.2 Å². The fourth-order valence-corrected chi connectivity index (χ4v) is 3.14. The number of hydrogen-bond acceptors (Lipinski definition) is 2. The van der Waals surface area contributed by atoms with Crippen LogP contribution < -0.4 is 10.2 Å². The van der Waals surface area contributed by atoms with Gasteiger partial charge in [0.1, 0.15) is 0 Å². The molecule has 1 aliphatic heterocycles. The second-order valence-electron chi connectivity index (χ2n) is 4.96. The largest absolute Gasteiger partial charge is 0.368 e. The SMILES string of the molecule is CNC1CCN(c2cccc(C)c2Br)C(C)C1. The Morgan fingerprint density at radius 1 is 1.41 bits per heavy atom. The number of nitrogens with zero attached hydrogens (tertiary/aromatic N) is 1. The summed E-state index contributed by atoms with van der Waals surface area (Å²) in [5, 5.41) is 3.39. The summed E-state index contributed by atoms with van der Waals surface area (Å²) >= 11 is 3.72. The molecule has 0 bridgehead atoms. The predicted molar refractivity (Wildman–Crippen MR) is 77.8 cm³/mol. The molecule has 1 aromatic rings. The van der Waals surface area contributed by atoms with Crippen molar-refractivity contribution in [1.82, 2.24) is 5.32 Å². The van der Waals surface area contributed by atoms with Crippen molar-refractivity contribution in [2.75, 3.05) is 18.5 Å². The molecule has 17 heavy (non-hydrogen) atoms. The van der Waals surface area contributed by atoms with Gasteiger partial charge in [0.05, 0.1) is 5.69 Å². The minimum Gasteiger partial charge on any atom is -0.368 e. The average Bonchev–Trinajstić information content (AvgIpc) is 2.33. The van der Waals surface area contributed by atoms with Crippen molar-refractivity contribution >= 4 is 21.6 Å². The number of piperidine rings is 1. The molecule has 94 valence electrons. The van der Waals surface area contributed by atoms with E-state index in [9.17, 15) is 0 Å². The van der Waals surface area contributed by atoms with Gasteiger partial charge in [0.25, 0.3) is 0 Å². The van der Waals surface area contributed by atoms with Crippen molar-refractivity contribution in [2.24, 2.45) is 0 Å². The van der Waals surface area contributed by atoms with Crippen LogP contribution in [-0.2, 0) is 0 Å². The molecule has 3 heteroatoms. The zero-order chi connectivity index (χ0) is 12.4. The second-order valence-corrected chi connectivity index (χ2v) is 5.75. The van der Waals surface area contributed by atoms with Crippen LogP contribution in [0, 0.1) is 6.92 Å². The summed E-state index contributed by atoms with van der Waals surface area (Å²) in [5.41, 5.74) is 2.65. The van der Waals surface area contributed by atoms with E-state index < -0.39 is 0 Å². The third-order valence-corrected chi connectivity index (χ3v) is 4.80. The molecule has 0 spiro atoms. The Balaban J connectivity index is 2.20. The van der Waals surface area contributed by atoms with Gasteiger partial charge < -0.3 is 10.2 Å². The normalized spacial score (nSPS) is 25.1. The number of rotatable bonds is 2. The molecule has 2 unspecified atom stereocenters. The molecule has 0 radical (unpaired) electrons. The van der Waals surface area contributed by atoms with E-state index in [1.807, 2.05) is 0 Å². The molecule has 0 aliphatic carbocycles. The van der Waals surface area contributed by atoms with E-state index in [4.69, 9.17) is 0 Å². The van der Waals surface area contributed by atoms with Crippen LogP contribution in [0.25, 0.3) is 0 Å². The van der Waals surface area contributed by atoms with Crippen molar-refractivity contribution in [3.8, 4) is 0 Å². The third kappa shape index (κ3) is 2.66. The number of benzene rings is 1. The molecule has 1 saturated heterocycles. The van der Waals surface area contributed by atoms with Crippen LogP contribution in [0.15, 0.2) is 22.7 Å². The first-order chi connectivity index (χ1) is 8.13. The van der Waals surface area contributed by atoms with Gasteiger partial charge in [0, 0.05) is 23.1 Å². The lowest BCUT2D eigenvalue weighted by molar-refractivity contribution is 0.387. The summed E-state index contributed by atoms with van der Waals surface area (Å²) in [6.45, 7) is 5.60. The predicted octanol–water partition coefficient (Wildman–Crippen LogP) is 3.33. The van der Waals surface area contributed by atoms with Crippen LogP contribution in [-0.4, -0.2) is 25.7 Å². The van der Waals surface area contributed by atoms with Crippen molar-refractivity contribution in [1.29, 1.82) is 0 Å². The van der Waals surface area contributed by atoms with Gasteiger partial charge in [0.2, 0.25) is 0 Å². The lowest BCUT2D eigenvalue weighted by atomic mass is 9.97. The quantitative estimate of drug-likeness (QED) is 0.900. The van der Waals surface area contributed by atoms with E-state index in [0.29, 0.717) is 12.1 Å². The molecule has 1 aliphatic rings. The fourth-order valence-electron chi connectivity index (χ4n) is 2.65. The number of nitrogens with one attached hydrogen (secondary N) is 1. The van der Waals surface area contributed by atoms with Gasteiger partial charge in [0.15, 0.2) is 0 Å². The van der Waals surface area contributed by atoms with E-state index in [2.05, 4.69) is 65.2 Å². The maximum Gasteiger partial charge on any atom is 0.0515 e. The van der Waals surface area contributed by atoms with Crippen LogP contribution in [0.5, 0.6) is 0 Å². The lowest BCUT2D eigenvalue weighted by Gasteiger charge is -2.40. The van der Waals surface area contributed by atoms with Crippen LogP contribution >= 0.6 is 15.9 Å². The van der Waals surface area contributed by atoms with Crippen molar-refractivity contribution in [3.63, 3.8) is 0 Å². The summed E-state index contributed by atoms with van der Waals surface area (Å²) in [6.07, 6.45) is 2.44. The van der Waals surface area contributed by atoms with E-state index >= 15 is 0 Å². The van der Waals surface area contributed by atoms with Gasteiger partial charge in [-0.1, -0.05) is 12.1 Å². The summed E-state index contributed by atoms with van der Waals surface area (Å²) in [6, 6.07) is 7.78. The molecule has 1 fully saturated rings. The summed E-state index contributed by atoms with van der Waals surface area (Å²) in [4.78, 5) is 2.52. The topological polar surface area (TPSA) is 15.3 Å². The number of anilines is 1. The van der Waals surface area contributed by atoms with Gasteiger partial charge >= 0.3 is 0 Å². The Labute approximate surface area is 113 Å². The third-order valence-electron chi connectivity index (χ3n) is 3.77. The molecule has 0 aromatic heterocycles. The molecule has 1 heterocycles. The van der Waals surface area contributed by atoms with Gasteiger partial charge in [-0.2, -0.15) is 0 Å². The first kappa shape index (κ1) is 12.9.